The second-order valence-corrected chi connectivity index (χ2v) is 4.20. The molecule has 0 spiro atoms. The molecule has 1 atom stereocenters. The van der Waals surface area contributed by atoms with Crippen molar-refractivity contribution >= 4 is 0 Å². The van der Waals surface area contributed by atoms with Crippen LogP contribution in [0.15, 0.2) is 24.3 Å². The minimum atomic E-state index is 0.275. The summed E-state index contributed by atoms with van der Waals surface area (Å²) in [5.74, 6) is 0.779. The van der Waals surface area contributed by atoms with Crippen molar-refractivity contribution in [3.05, 3.63) is 29.8 Å². The third-order valence-electron chi connectivity index (χ3n) is 3.01. The maximum Gasteiger partial charge on any atom is 0.120 e. The van der Waals surface area contributed by atoms with E-state index in [0.717, 1.165) is 31.6 Å². The third-order valence-corrected chi connectivity index (χ3v) is 3.01. The number of phenols is 1. The van der Waals surface area contributed by atoms with E-state index in [2.05, 4.69) is 4.90 Å². The average molecular weight is 207 g/mol. The molecule has 1 saturated heterocycles. The molecule has 0 radical (unpaired) electrons. The smallest absolute Gasteiger partial charge is 0.120 e. The van der Waals surface area contributed by atoms with Gasteiger partial charge in [-0.2, -0.15) is 0 Å². The van der Waals surface area contributed by atoms with Gasteiger partial charge in [0.1, 0.15) is 5.75 Å². The Kier molecular flexibility index (Phi) is 3.23. The lowest BCUT2D eigenvalue weighted by Crippen LogP contribution is -2.20. The van der Waals surface area contributed by atoms with Crippen molar-refractivity contribution in [2.24, 2.45) is 5.92 Å². The lowest BCUT2D eigenvalue weighted by Gasteiger charge is -2.16. The molecule has 3 nitrogen and oxygen atoms in total. The zero-order valence-corrected chi connectivity index (χ0v) is 8.76. The van der Waals surface area contributed by atoms with Crippen molar-refractivity contribution in [1.82, 2.24) is 4.90 Å². The number of hydrogen-bond acceptors (Lipinski definition) is 3. The van der Waals surface area contributed by atoms with Crippen LogP contribution in [-0.4, -0.2) is 34.8 Å². The number of aromatic hydroxyl groups is 1. The van der Waals surface area contributed by atoms with Crippen LogP contribution in [0.25, 0.3) is 0 Å². The summed E-state index contributed by atoms with van der Waals surface area (Å²) in [4.78, 5) is 2.27. The van der Waals surface area contributed by atoms with Gasteiger partial charge in [0.15, 0.2) is 0 Å². The van der Waals surface area contributed by atoms with E-state index in [1.165, 1.54) is 0 Å². The van der Waals surface area contributed by atoms with Crippen molar-refractivity contribution in [2.45, 2.75) is 13.0 Å². The molecule has 0 aromatic heterocycles. The summed E-state index contributed by atoms with van der Waals surface area (Å²) in [6.45, 7) is 3.00. The predicted molar refractivity (Wildman–Crippen MR) is 58.6 cm³/mol. The Morgan fingerprint density at radius 2 is 2.13 bits per heavy atom. The first-order valence-corrected chi connectivity index (χ1v) is 5.39. The fourth-order valence-corrected chi connectivity index (χ4v) is 2.09. The number of likely N-dealkylation sites (tertiary alicyclic amines) is 1. The van der Waals surface area contributed by atoms with Gasteiger partial charge in [0.05, 0.1) is 0 Å². The minimum Gasteiger partial charge on any atom is -0.508 e. The van der Waals surface area contributed by atoms with Crippen molar-refractivity contribution in [3.63, 3.8) is 0 Å². The number of hydrogen-bond donors (Lipinski definition) is 2. The summed E-state index contributed by atoms with van der Waals surface area (Å²) in [7, 11) is 0. The number of phenolic OH excluding ortho intramolecular Hbond substituents is 1. The lowest BCUT2D eigenvalue weighted by molar-refractivity contribution is 0.219. The first-order chi connectivity index (χ1) is 7.29. The first kappa shape index (κ1) is 10.5. The van der Waals surface area contributed by atoms with Crippen LogP contribution in [0, 0.1) is 5.92 Å². The van der Waals surface area contributed by atoms with Crippen LogP contribution in [0.2, 0.25) is 0 Å². The van der Waals surface area contributed by atoms with Crippen LogP contribution in [0.3, 0.4) is 0 Å². The molecule has 0 amide bonds. The first-order valence-electron chi connectivity index (χ1n) is 5.39. The van der Waals surface area contributed by atoms with Crippen LogP contribution in [0.1, 0.15) is 12.0 Å². The molecule has 15 heavy (non-hydrogen) atoms. The standard InChI is InChI=1S/C12H17NO2/c14-9-10-5-6-13(7-10)8-11-3-1-2-4-12(11)15/h1-4,10,14-15H,5-9H2. The summed E-state index contributed by atoms with van der Waals surface area (Å²) in [6.07, 6.45) is 1.06. The Balaban J connectivity index is 1.96. The Hall–Kier alpha value is -1.06. The third kappa shape index (κ3) is 2.49. The Morgan fingerprint density at radius 3 is 2.80 bits per heavy atom. The van der Waals surface area contributed by atoms with E-state index in [4.69, 9.17) is 5.11 Å². The van der Waals surface area contributed by atoms with E-state index < -0.39 is 0 Å². The summed E-state index contributed by atoms with van der Waals surface area (Å²) >= 11 is 0. The topological polar surface area (TPSA) is 43.7 Å². The van der Waals surface area contributed by atoms with Gasteiger partial charge >= 0.3 is 0 Å². The molecule has 1 aromatic carbocycles. The van der Waals surface area contributed by atoms with E-state index in [-0.39, 0.29) is 6.61 Å². The maximum absolute atomic E-state index is 9.62. The highest BCUT2D eigenvalue weighted by molar-refractivity contribution is 5.31. The van der Waals surface area contributed by atoms with Gasteiger partial charge in [-0.3, -0.25) is 4.90 Å². The molecule has 2 rings (SSSR count). The van der Waals surface area contributed by atoms with Gasteiger partial charge in [-0.25, -0.2) is 0 Å². The van der Waals surface area contributed by atoms with Gasteiger partial charge in [0.25, 0.3) is 0 Å². The normalized spacial score (nSPS) is 22.1. The van der Waals surface area contributed by atoms with Crippen LogP contribution >= 0.6 is 0 Å². The molecule has 82 valence electrons. The van der Waals surface area contributed by atoms with E-state index in [1.807, 2.05) is 18.2 Å². The van der Waals surface area contributed by atoms with Gasteiger partial charge < -0.3 is 10.2 Å². The number of benzene rings is 1. The van der Waals surface area contributed by atoms with Gasteiger partial charge in [0, 0.05) is 25.3 Å². The Bertz CT molecular complexity index is 327. The molecule has 1 aliphatic heterocycles. The SMILES string of the molecule is OCC1CCN(Cc2ccccc2O)C1. The van der Waals surface area contributed by atoms with E-state index in [1.54, 1.807) is 6.07 Å². The number of nitrogens with zero attached hydrogens (tertiary/aromatic N) is 1. The number of rotatable bonds is 3. The molecular weight excluding hydrogens is 190 g/mol. The molecular formula is C12H17NO2. The van der Waals surface area contributed by atoms with Crippen LogP contribution < -0.4 is 0 Å². The van der Waals surface area contributed by atoms with Gasteiger partial charge in [-0.15, -0.1) is 0 Å². The minimum absolute atomic E-state index is 0.275. The maximum atomic E-state index is 9.62. The summed E-state index contributed by atoms with van der Waals surface area (Å²) in [5, 5.41) is 18.6. The Labute approximate surface area is 90.0 Å². The molecule has 0 bridgehead atoms. The Morgan fingerprint density at radius 1 is 1.33 bits per heavy atom. The highest BCUT2D eigenvalue weighted by Gasteiger charge is 2.21. The highest BCUT2D eigenvalue weighted by atomic mass is 16.3. The van der Waals surface area contributed by atoms with Gasteiger partial charge in [0.2, 0.25) is 0 Å². The van der Waals surface area contributed by atoms with Crippen molar-refractivity contribution < 1.29 is 10.2 Å². The van der Waals surface area contributed by atoms with Crippen LogP contribution in [0.5, 0.6) is 5.75 Å². The molecule has 1 aliphatic rings. The van der Waals surface area contributed by atoms with Crippen molar-refractivity contribution in [1.29, 1.82) is 0 Å². The highest BCUT2D eigenvalue weighted by Crippen LogP contribution is 2.22. The zero-order valence-electron chi connectivity index (χ0n) is 8.76. The summed E-state index contributed by atoms with van der Waals surface area (Å²) < 4.78 is 0. The molecule has 1 fully saturated rings. The molecule has 0 saturated carbocycles. The summed E-state index contributed by atoms with van der Waals surface area (Å²) in [6, 6.07) is 7.44. The zero-order chi connectivity index (χ0) is 10.7. The van der Waals surface area contributed by atoms with Crippen molar-refractivity contribution in [2.75, 3.05) is 19.7 Å². The van der Waals surface area contributed by atoms with E-state index in [0.29, 0.717) is 11.7 Å². The second-order valence-electron chi connectivity index (χ2n) is 4.20. The molecule has 3 heteroatoms. The van der Waals surface area contributed by atoms with Crippen molar-refractivity contribution in [3.8, 4) is 5.75 Å². The lowest BCUT2D eigenvalue weighted by atomic mass is 10.1. The fourth-order valence-electron chi connectivity index (χ4n) is 2.09. The summed E-state index contributed by atoms with van der Waals surface area (Å²) in [5.41, 5.74) is 0.969. The number of aliphatic hydroxyl groups excluding tert-OH is 1. The van der Waals surface area contributed by atoms with E-state index in [9.17, 15) is 5.11 Å². The van der Waals surface area contributed by atoms with Crippen LogP contribution in [0.4, 0.5) is 0 Å². The number of para-hydroxylation sites is 1. The molecule has 0 aliphatic carbocycles. The monoisotopic (exact) mass is 207 g/mol. The van der Waals surface area contributed by atoms with Gasteiger partial charge in [-0.1, -0.05) is 18.2 Å². The molecule has 1 unspecified atom stereocenters. The molecule has 1 aromatic rings. The largest absolute Gasteiger partial charge is 0.508 e. The second kappa shape index (κ2) is 4.64. The van der Waals surface area contributed by atoms with E-state index >= 15 is 0 Å². The molecule has 2 N–H and O–H groups in total. The fraction of sp³-hybridized carbons (Fsp3) is 0.500. The average Bonchev–Trinajstić information content (AvgIpc) is 2.69. The van der Waals surface area contributed by atoms with Gasteiger partial charge in [-0.05, 0) is 24.9 Å². The predicted octanol–water partition coefficient (Wildman–Crippen LogP) is 1.21. The van der Waals surface area contributed by atoms with Crippen LogP contribution in [-0.2, 0) is 6.54 Å². The number of aliphatic hydroxyl groups is 1. The quantitative estimate of drug-likeness (QED) is 0.783. The molecule has 1 heterocycles.